The molecule has 114 valence electrons. The van der Waals surface area contributed by atoms with E-state index in [2.05, 4.69) is 34.6 Å². The van der Waals surface area contributed by atoms with Crippen molar-refractivity contribution in [2.75, 3.05) is 7.11 Å². The summed E-state index contributed by atoms with van der Waals surface area (Å²) in [6.45, 7) is 11.4. The molecule has 0 heterocycles. The minimum absolute atomic E-state index is 0.257. The number of hydrogen-bond donors (Lipinski definition) is 0. The van der Waals surface area contributed by atoms with Crippen molar-refractivity contribution in [1.29, 1.82) is 0 Å². The van der Waals surface area contributed by atoms with Crippen LogP contribution in [0.25, 0.3) is 0 Å². The first-order valence-electron chi connectivity index (χ1n) is 7.68. The highest BCUT2D eigenvalue weighted by molar-refractivity contribution is 5.32. The first kappa shape index (κ1) is 16.9. The number of rotatable bonds is 8. The van der Waals surface area contributed by atoms with Crippen LogP contribution < -0.4 is 9.47 Å². The molecule has 2 heteroatoms. The molecule has 0 bridgehead atoms. The lowest BCUT2D eigenvalue weighted by molar-refractivity contribution is 0.121. The van der Waals surface area contributed by atoms with Crippen molar-refractivity contribution in [3.63, 3.8) is 0 Å². The van der Waals surface area contributed by atoms with Crippen LogP contribution in [0.2, 0.25) is 0 Å². The summed E-state index contributed by atoms with van der Waals surface area (Å²) in [7, 11) is 1.68. The van der Waals surface area contributed by atoms with E-state index in [-0.39, 0.29) is 6.10 Å². The van der Waals surface area contributed by atoms with Gasteiger partial charge in [0, 0.05) is 6.07 Å². The molecule has 0 amide bonds. The monoisotopic (exact) mass is 278 g/mol. The average molecular weight is 278 g/mol. The van der Waals surface area contributed by atoms with Gasteiger partial charge in [0.05, 0.1) is 7.11 Å². The SMILES string of the molecule is CCC(C)(C)CCC(Oc1cccc(OC)c1)C(C)C. The Labute approximate surface area is 124 Å². The molecule has 1 aromatic carbocycles. The zero-order valence-corrected chi connectivity index (χ0v) is 13.9. The number of methoxy groups -OCH3 is 1. The molecule has 0 N–H and O–H groups in total. The molecule has 0 aliphatic heterocycles. The maximum absolute atomic E-state index is 6.18. The highest BCUT2D eigenvalue weighted by Crippen LogP contribution is 2.30. The number of ether oxygens (including phenoxy) is 2. The van der Waals surface area contributed by atoms with Crippen LogP contribution in [0.4, 0.5) is 0 Å². The van der Waals surface area contributed by atoms with E-state index in [0.29, 0.717) is 11.3 Å². The van der Waals surface area contributed by atoms with Gasteiger partial charge in [-0.1, -0.05) is 47.1 Å². The Kier molecular flexibility index (Phi) is 6.38. The number of hydrogen-bond acceptors (Lipinski definition) is 2. The Morgan fingerprint density at radius 1 is 1.15 bits per heavy atom. The fourth-order valence-corrected chi connectivity index (χ4v) is 2.09. The largest absolute Gasteiger partial charge is 0.497 e. The lowest BCUT2D eigenvalue weighted by Gasteiger charge is -2.28. The standard InChI is InChI=1S/C18H30O2/c1-7-18(4,5)12-11-17(14(2)3)20-16-10-8-9-15(13-16)19-6/h8-10,13-14,17H,7,11-12H2,1-6H3. The highest BCUT2D eigenvalue weighted by atomic mass is 16.5. The van der Waals surface area contributed by atoms with Gasteiger partial charge in [0.15, 0.2) is 0 Å². The molecule has 1 atom stereocenters. The summed E-state index contributed by atoms with van der Waals surface area (Å²) in [6.07, 6.45) is 3.75. The van der Waals surface area contributed by atoms with Gasteiger partial charge in [-0.15, -0.1) is 0 Å². The lowest BCUT2D eigenvalue weighted by atomic mass is 9.83. The molecule has 0 radical (unpaired) electrons. The van der Waals surface area contributed by atoms with Crippen molar-refractivity contribution in [3.05, 3.63) is 24.3 Å². The fourth-order valence-electron chi connectivity index (χ4n) is 2.09. The van der Waals surface area contributed by atoms with Gasteiger partial charge in [-0.25, -0.2) is 0 Å². The predicted molar refractivity (Wildman–Crippen MR) is 85.6 cm³/mol. The predicted octanol–water partition coefficient (Wildman–Crippen LogP) is 5.32. The van der Waals surface area contributed by atoms with Crippen LogP contribution in [0.3, 0.4) is 0 Å². The topological polar surface area (TPSA) is 18.5 Å². The van der Waals surface area contributed by atoms with Crippen LogP contribution in [-0.2, 0) is 0 Å². The van der Waals surface area contributed by atoms with Gasteiger partial charge in [-0.3, -0.25) is 0 Å². The molecule has 0 saturated heterocycles. The maximum Gasteiger partial charge on any atom is 0.123 e. The quantitative estimate of drug-likeness (QED) is 0.641. The van der Waals surface area contributed by atoms with Crippen molar-refractivity contribution in [2.45, 2.75) is 60.0 Å². The third kappa shape index (κ3) is 5.44. The van der Waals surface area contributed by atoms with E-state index in [0.717, 1.165) is 17.9 Å². The Balaban J connectivity index is 2.67. The van der Waals surface area contributed by atoms with Crippen molar-refractivity contribution in [3.8, 4) is 11.5 Å². The van der Waals surface area contributed by atoms with Crippen LogP contribution in [0.1, 0.15) is 53.9 Å². The van der Waals surface area contributed by atoms with Crippen LogP contribution in [0.15, 0.2) is 24.3 Å². The highest BCUT2D eigenvalue weighted by Gasteiger charge is 2.21. The van der Waals surface area contributed by atoms with Crippen molar-refractivity contribution < 1.29 is 9.47 Å². The second-order valence-corrected chi connectivity index (χ2v) is 6.64. The smallest absolute Gasteiger partial charge is 0.123 e. The van der Waals surface area contributed by atoms with Gasteiger partial charge in [0.25, 0.3) is 0 Å². The van der Waals surface area contributed by atoms with E-state index in [1.807, 2.05) is 24.3 Å². The summed E-state index contributed by atoms with van der Waals surface area (Å²) < 4.78 is 11.4. The van der Waals surface area contributed by atoms with Gasteiger partial charge in [-0.2, -0.15) is 0 Å². The molecule has 0 aromatic heterocycles. The first-order valence-corrected chi connectivity index (χ1v) is 7.68. The molecule has 0 aliphatic rings. The van der Waals surface area contributed by atoms with Gasteiger partial charge in [-0.05, 0) is 36.3 Å². The summed E-state index contributed by atoms with van der Waals surface area (Å²) in [6, 6.07) is 7.88. The molecule has 1 unspecified atom stereocenters. The molecule has 1 aromatic rings. The van der Waals surface area contributed by atoms with Gasteiger partial charge < -0.3 is 9.47 Å². The summed E-state index contributed by atoms with van der Waals surface area (Å²) in [5.74, 6) is 2.25. The van der Waals surface area contributed by atoms with Crippen LogP contribution in [0, 0.1) is 11.3 Å². The van der Waals surface area contributed by atoms with Gasteiger partial charge in [0.2, 0.25) is 0 Å². The molecule has 2 nitrogen and oxygen atoms in total. The minimum Gasteiger partial charge on any atom is -0.497 e. The Hall–Kier alpha value is -1.18. The second kappa shape index (κ2) is 7.56. The third-order valence-corrected chi connectivity index (χ3v) is 4.13. The van der Waals surface area contributed by atoms with Gasteiger partial charge >= 0.3 is 0 Å². The fraction of sp³-hybridized carbons (Fsp3) is 0.667. The summed E-state index contributed by atoms with van der Waals surface area (Å²) in [5.41, 5.74) is 0.394. The molecular formula is C18H30O2. The second-order valence-electron chi connectivity index (χ2n) is 6.64. The van der Waals surface area contributed by atoms with E-state index in [4.69, 9.17) is 9.47 Å². The van der Waals surface area contributed by atoms with Crippen molar-refractivity contribution in [2.24, 2.45) is 11.3 Å². The van der Waals surface area contributed by atoms with Crippen molar-refractivity contribution in [1.82, 2.24) is 0 Å². The molecular weight excluding hydrogens is 248 g/mol. The lowest BCUT2D eigenvalue weighted by Crippen LogP contribution is -2.25. The van der Waals surface area contributed by atoms with E-state index in [1.165, 1.54) is 12.8 Å². The molecule has 0 saturated carbocycles. The van der Waals surface area contributed by atoms with E-state index in [9.17, 15) is 0 Å². The average Bonchev–Trinajstić information content (AvgIpc) is 2.43. The summed E-state index contributed by atoms with van der Waals surface area (Å²) in [4.78, 5) is 0. The summed E-state index contributed by atoms with van der Waals surface area (Å²) >= 11 is 0. The third-order valence-electron chi connectivity index (χ3n) is 4.13. The number of benzene rings is 1. The Morgan fingerprint density at radius 3 is 2.35 bits per heavy atom. The maximum atomic E-state index is 6.18. The van der Waals surface area contributed by atoms with E-state index < -0.39 is 0 Å². The minimum atomic E-state index is 0.257. The molecule has 0 aliphatic carbocycles. The zero-order chi connectivity index (χ0) is 15.2. The van der Waals surface area contributed by atoms with Crippen LogP contribution in [0.5, 0.6) is 11.5 Å². The van der Waals surface area contributed by atoms with Crippen LogP contribution in [-0.4, -0.2) is 13.2 Å². The molecule has 20 heavy (non-hydrogen) atoms. The Morgan fingerprint density at radius 2 is 1.80 bits per heavy atom. The van der Waals surface area contributed by atoms with E-state index in [1.54, 1.807) is 7.11 Å². The van der Waals surface area contributed by atoms with Crippen molar-refractivity contribution >= 4 is 0 Å². The van der Waals surface area contributed by atoms with Gasteiger partial charge in [0.1, 0.15) is 17.6 Å². The molecule has 0 fully saturated rings. The summed E-state index contributed by atoms with van der Waals surface area (Å²) in [5, 5.41) is 0. The molecule has 1 rings (SSSR count). The Bertz CT molecular complexity index is 396. The van der Waals surface area contributed by atoms with E-state index >= 15 is 0 Å². The van der Waals surface area contributed by atoms with Crippen LogP contribution >= 0.6 is 0 Å². The first-order chi connectivity index (χ1) is 9.38. The molecule has 0 spiro atoms. The normalized spacial score (nSPS) is 13.3. The zero-order valence-electron chi connectivity index (χ0n) is 13.9.